The lowest BCUT2D eigenvalue weighted by Crippen LogP contribution is -2.30. The first-order valence-electron chi connectivity index (χ1n) is 10.8. The van der Waals surface area contributed by atoms with Crippen molar-refractivity contribution in [1.29, 1.82) is 0 Å². The minimum absolute atomic E-state index is 0.117. The number of thiophene rings is 1. The van der Waals surface area contributed by atoms with Crippen LogP contribution >= 0.6 is 22.9 Å². The first-order valence-corrected chi connectivity index (χ1v) is 12.0. The fourth-order valence-electron chi connectivity index (χ4n) is 4.15. The van der Waals surface area contributed by atoms with E-state index >= 15 is 0 Å². The Morgan fingerprint density at radius 1 is 1.15 bits per heavy atom. The lowest BCUT2D eigenvalue weighted by Gasteiger charge is -2.20. The van der Waals surface area contributed by atoms with E-state index in [9.17, 15) is 4.79 Å². The molecule has 0 N–H and O–H groups in total. The second-order valence-corrected chi connectivity index (χ2v) is 9.66. The third-order valence-corrected chi connectivity index (χ3v) is 7.51. The summed E-state index contributed by atoms with van der Waals surface area (Å²) in [5.41, 5.74) is 2.25. The summed E-state index contributed by atoms with van der Waals surface area (Å²) in [6, 6.07) is 15.4. The highest BCUT2D eigenvalue weighted by atomic mass is 35.5. The second-order valence-electron chi connectivity index (χ2n) is 8.17. The van der Waals surface area contributed by atoms with Gasteiger partial charge in [0, 0.05) is 22.0 Å². The summed E-state index contributed by atoms with van der Waals surface area (Å²) in [6.07, 6.45) is 3.89. The Hall–Kier alpha value is -2.87. The van der Waals surface area contributed by atoms with Gasteiger partial charge in [0.2, 0.25) is 0 Å². The molecule has 1 fully saturated rings. The summed E-state index contributed by atoms with van der Waals surface area (Å²) in [6.45, 7) is 1.72. The van der Waals surface area contributed by atoms with Crippen LogP contribution in [0.2, 0.25) is 5.02 Å². The van der Waals surface area contributed by atoms with Gasteiger partial charge in [0.15, 0.2) is 11.5 Å². The van der Waals surface area contributed by atoms with Crippen LogP contribution < -0.4 is 15.0 Å². The molecule has 0 aliphatic carbocycles. The largest absolute Gasteiger partial charge is 0.493 e. The minimum atomic E-state index is -0.117. The van der Waals surface area contributed by atoms with Gasteiger partial charge in [-0.25, -0.2) is 4.98 Å². The van der Waals surface area contributed by atoms with E-state index in [1.807, 2.05) is 48.5 Å². The van der Waals surface area contributed by atoms with Gasteiger partial charge < -0.3 is 14.4 Å². The Morgan fingerprint density at radius 3 is 2.70 bits per heavy atom. The second kappa shape index (κ2) is 9.17. The molecule has 170 valence electrons. The minimum Gasteiger partial charge on any atom is -0.493 e. The summed E-state index contributed by atoms with van der Waals surface area (Å²) in [5.74, 6) is 1.26. The molecule has 8 heteroatoms. The average Bonchev–Trinajstić information content (AvgIpc) is 3.45. The van der Waals surface area contributed by atoms with E-state index in [4.69, 9.17) is 21.1 Å². The molecular formula is C25H24ClN3O3S. The number of nitrogens with zero attached hydrogens (tertiary/aromatic N) is 3. The highest BCUT2D eigenvalue weighted by molar-refractivity contribution is 7.22. The molecule has 0 bridgehead atoms. The Balaban J connectivity index is 1.45. The summed E-state index contributed by atoms with van der Waals surface area (Å²) in [7, 11) is 3.73. The fraction of sp³-hybridized carbons (Fsp3) is 0.280. The van der Waals surface area contributed by atoms with Crippen molar-refractivity contribution in [3.8, 4) is 27.6 Å². The van der Waals surface area contributed by atoms with Crippen LogP contribution in [0.5, 0.6) is 11.5 Å². The maximum atomic E-state index is 13.3. The van der Waals surface area contributed by atoms with Crippen LogP contribution in [0.25, 0.3) is 26.3 Å². The molecule has 4 aromatic rings. The van der Waals surface area contributed by atoms with Gasteiger partial charge in [0.1, 0.15) is 17.6 Å². The normalized spacial score (nSPS) is 16.4. The zero-order valence-electron chi connectivity index (χ0n) is 18.5. The predicted molar refractivity (Wildman–Crippen MR) is 133 cm³/mol. The van der Waals surface area contributed by atoms with Crippen molar-refractivity contribution < 1.29 is 9.47 Å². The molecule has 5 rings (SSSR count). The molecule has 2 aromatic carbocycles. The highest BCUT2D eigenvalue weighted by Gasteiger charge is 2.22. The Morgan fingerprint density at radius 2 is 1.97 bits per heavy atom. The molecular weight excluding hydrogens is 458 g/mol. The number of hydrogen-bond acceptors (Lipinski definition) is 6. The maximum Gasteiger partial charge on any atom is 0.275 e. The number of ether oxygens (including phenoxy) is 2. The van der Waals surface area contributed by atoms with E-state index < -0.39 is 0 Å². The number of fused-ring (bicyclic) bond motifs is 1. The fourth-order valence-corrected chi connectivity index (χ4v) is 5.33. The van der Waals surface area contributed by atoms with E-state index in [1.165, 1.54) is 17.8 Å². The van der Waals surface area contributed by atoms with Gasteiger partial charge >= 0.3 is 0 Å². The van der Waals surface area contributed by atoms with Crippen molar-refractivity contribution in [3.05, 3.63) is 70.2 Å². The number of rotatable bonds is 6. The number of halogens is 1. The predicted octanol–water partition coefficient (Wildman–Crippen LogP) is 5.25. The van der Waals surface area contributed by atoms with E-state index in [2.05, 4.69) is 16.9 Å². The van der Waals surface area contributed by atoms with Crippen LogP contribution in [0.1, 0.15) is 12.8 Å². The van der Waals surface area contributed by atoms with E-state index in [0.717, 1.165) is 23.4 Å². The Kier molecular flexibility index (Phi) is 6.10. The molecule has 1 aliphatic heterocycles. The maximum absolute atomic E-state index is 13.3. The smallest absolute Gasteiger partial charge is 0.275 e. The summed E-state index contributed by atoms with van der Waals surface area (Å²) >= 11 is 7.43. The topological polar surface area (TPSA) is 56.6 Å². The van der Waals surface area contributed by atoms with Crippen LogP contribution in [-0.2, 0) is 0 Å². The number of hydrogen-bond donors (Lipinski definition) is 0. The van der Waals surface area contributed by atoms with Crippen LogP contribution in [0.15, 0.2) is 59.7 Å². The summed E-state index contributed by atoms with van der Waals surface area (Å²) in [5, 5.41) is 0.678. The van der Waals surface area contributed by atoms with Gasteiger partial charge in [-0.15, -0.1) is 11.3 Å². The molecule has 3 heterocycles. The van der Waals surface area contributed by atoms with E-state index in [0.29, 0.717) is 45.1 Å². The van der Waals surface area contributed by atoms with Crippen molar-refractivity contribution >= 4 is 33.2 Å². The molecule has 1 saturated heterocycles. The lowest BCUT2D eigenvalue weighted by atomic mass is 10.2. The first-order chi connectivity index (χ1) is 16.0. The number of aromatic nitrogens is 2. The van der Waals surface area contributed by atoms with Gasteiger partial charge in [-0.05, 0) is 62.3 Å². The van der Waals surface area contributed by atoms with Crippen molar-refractivity contribution in [2.75, 3.05) is 27.3 Å². The van der Waals surface area contributed by atoms with E-state index in [-0.39, 0.29) is 5.56 Å². The zero-order chi connectivity index (χ0) is 22.9. The molecule has 33 heavy (non-hydrogen) atoms. The van der Waals surface area contributed by atoms with Crippen LogP contribution in [-0.4, -0.2) is 47.8 Å². The SMILES string of the molecule is COc1cc(-n2cnc3cc(-c4ccc(Cl)cc4)sc3c2=O)ccc1OC[C@@H]1CCCN1C. The van der Waals surface area contributed by atoms with Crippen LogP contribution in [0.4, 0.5) is 0 Å². The molecule has 2 aromatic heterocycles. The van der Waals surface area contributed by atoms with Gasteiger partial charge in [-0.1, -0.05) is 23.7 Å². The molecule has 0 saturated carbocycles. The Bertz CT molecular complexity index is 1350. The molecule has 0 amide bonds. The summed E-state index contributed by atoms with van der Waals surface area (Å²) < 4.78 is 13.8. The van der Waals surface area contributed by atoms with Crippen molar-refractivity contribution in [2.24, 2.45) is 0 Å². The molecule has 1 aliphatic rings. The monoisotopic (exact) mass is 481 g/mol. The first kappa shape index (κ1) is 21.9. The molecule has 0 unspecified atom stereocenters. The molecule has 0 spiro atoms. The van der Waals surface area contributed by atoms with Crippen LogP contribution in [0.3, 0.4) is 0 Å². The van der Waals surface area contributed by atoms with Crippen molar-refractivity contribution in [1.82, 2.24) is 14.5 Å². The third kappa shape index (κ3) is 4.36. The molecule has 6 nitrogen and oxygen atoms in total. The average molecular weight is 482 g/mol. The van der Waals surface area contributed by atoms with Crippen LogP contribution in [0, 0.1) is 0 Å². The zero-order valence-corrected chi connectivity index (χ0v) is 20.0. The third-order valence-electron chi connectivity index (χ3n) is 6.09. The van der Waals surface area contributed by atoms with E-state index in [1.54, 1.807) is 18.0 Å². The van der Waals surface area contributed by atoms with Gasteiger partial charge in [-0.3, -0.25) is 9.36 Å². The standard InChI is InChI=1S/C25H24ClN3O3S/c1-28-11-3-4-19(28)14-32-21-10-9-18(12-22(21)31-2)29-15-27-20-13-23(33-24(20)25(29)30)16-5-7-17(26)8-6-16/h5-10,12-13,15,19H,3-4,11,14H2,1-2H3/t19-/m0/s1. The van der Waals surface area contributed by atoms with Crippen molar-refractivity contribution in [3.63, 3.8) is 0 Å². The number of likely N-dealkylation sites (N-methyl/N-ethyl adjacent to an activating group) is 1. The summed E-state index contributed by atoms with van der Waals surface area (Å²) in [4.78, 5) is 21.1. The Labute approximate surface area is 201 Å². The molecule has 1 atom stereocenters. The van der Waals surface area contributed by atoms with Crippen molar-refractivity contribution in [2.45, 2.75) is 18.9 Å². The number of methoxy groups -OCH3 is 1. The number of benzene rings is 2. The van der Waals surface area contributed by atoms with Gasteiger partial charge in [0.25, 0.3) is 5.56 Å². The number of likely N-dealkylation sites (tertiary alicyclic amines) is 1. The molecule has 0 radical (unpaired) electrons. The highest BCUT2D eigenvalue weighted by Crippen LogP contribution is 2.33. The quantitative estimate of drug-likeness (QED) is 0.376. The van der Waals surface area contributed by atoms with Gasteiger partial charge in [0.05, 0.1) is 18.3 Å². The lowest BCUT2D eigenvalue weighted by molar-refractivity contribution is 0.193. The van der Waals surface area contributed by atoms with Gasteiger partial charge in [-0.2, -0.15) is 0 Å².